The first-order valence-electron chi connectivity index (χ1n) is 5.77. The van der Waals surface area contributed by atoms with Gasteiger partial charge in [-0.05, 0) is 36.6 Å². The number of carbonyl (C=O) groups excluding carboxylic acids is 2. The maximum absolute atomic E-state index is 12.7. The molecule has 0 fully saturated rings. The summed E-state index contributed by atoms with van der Waals surface area (Å²) >= 11 is 2.21. The van der Waals surface area contributed by atoms with Crippen LogP contribution in [0.15, 0.2) is 35.2 Å². The minimum Gasteiger partial charge on any atom is -0.288 e. The molecule has 0 amide bonds. The van der Waals surface area contributed by atoms with Gasteiger partial charge in [-0.25, -0.2) is 0 Å². The molecule has 2 aromatic heterocycles. The van der Waals surface area contributed by atoms with E-state index in [9.17, 15) is 22.8 Å². The largest absolute Gasteiger partial charge is 0.455 e. The summed E-state index contributed by atoms with van der Waals surface area (Å²) in [6.07, 6.45) is -4.07. The Hall–Kier alpha value is -1.73. The van der Waals surface area contributed by atoms with Gasteiger partial charge >= 0.3 is 6.18 Å². The monoisotopic (exact) mass is 330 g/mol. The SMILES string of the molecule is Cc1ccc(/C=C(\C(=O)c2cccs2)C(=O)C(F)(F)F)s1. The van der Waals surface area contributed by atoms with E-state index in [1.165, 1.54) is 17.4 Å². The topological polar surface area (TPSA) is 34.1 Å². The smallest absolute Gasteiger partial charge is 0.288 e. The minimum absolute atomic E-state index is 0.104. The lowest BCUT2D eigenvalue weighted by Gasteiger charge is -2.07. The zero-order valence-corrected chi connectivity index (χ0v) is 12.4. The fraction of sp³-hybridized carbons (Fsp3) is 0.143. The van der Waals surface area contributed by atoms with Crippen molar-refractivity contribution >= 4 is 40.3 Å². The Morgan fingerprint density at radius 1 is 1.19 bits per heavy atom. The second-order valence-corrected chi connectivity index (χ2v) is 6.41. The maximum atomic E-state index is 12.7. The summed E-state index contributed by atoms with van der Waals surface area (Å²) in [6, 6.07) is 6.22. The number of allylic oxidation sites excluding steroid dienone is 1. The van der Waals surface area contributed by atoms with Crippen molar-refractivity contribution in [3.05, 3.63) is 49.9 Å². The van der Waals surface area contributed by atoms with Crippen LogP contribution in [-0.4, -0.2) is 17.7 Å². The Kier molecular flexibility index (Phi) is 4.43. The fourth-order valence-corrected chi connectivity index (χ4v) is 3.10. The van der Waals surface area contributed by atoms with Crippen molar-refractivity contribution < 1.29 is 22.8 Å². The van der Waals surface area contributed by atoms with Crippen molar-refractivity contribution in [3.8, 4) is 0 Å². The Bertz CT molecular complexity index is 694. The van der Waals surface area contributed by atoms with Crippen LogP contribution in [0, 0.1) is 6.92 Å². The van der Waals surface area contributed by atoms with Crippen molar-refractivity contribution in [1.29, 1.82) is 0 Å². The van der Waals surface area contributed by atoms with E-state index < -0.39 is 23.3 Å². The molecule has 0 aromatic carbocycles. The van der Waals surface area contributed by atoms with E-state index in [1.54, 1.807) is 30.5 Å². The molecule has 0 saturated carbocycles. The summed E-state index contributed by atoms with van der Waals surface area (Å²) in [5.74, 6) is -3.02. The number of ketones is 2. The molecule has 0 spiro atoms. The Labute approximate surface area is 126 Å². The molecule has 0 unspecified atom stereocenters. The first-order chi connectivity index (χ1) is 9.79. The van der Waals surface area contributed by atoms with Crippen molar-refractivity contribution in [2.24, 2.45) is 0 Å². The van der Waals surface area contributed by atoms with Gasteiger partial charge < -0.3 is 0 Å². The molecular weight excluding hydrogens is 321 g/mol. The van der Waals surface area contributed by atoms with Crippen LogP contribution in [0.5, 0.6) is 0 Å². The van der Waals surface area contributed by atoms with Crippen LogP contribution in [0.3, 0.4) is 0 Å². The van der Waals surface area contributed by atoms with Crippen molar-refractivity contribution in [3.63, 3.8) is 0 Å². The highest BCUT2D eigenvalue weighted by Gasteiger charge is 2.43. The normalized spacial score (nSPS) is 12.5. The van der Waals surface area contributed by atoms with Crippen LogP contribution in [0.25, 0.3) is 6.08 Å². The van der Waals surface area contributed by atoms with Crippen LogP contribution >= 0.6 is 22.7 Å². The quantitative estimate of drug-likeness (QED) is 0.358. The first-order valence-corrected chi connectivity index (χ1v) is 7.46. The Balaban J connectivity index is 2.47. The van der Waals surface area contributed by atoms with E-state index in [0.717, 1.165) is 22.3 Å². The summed E-state index contributed by atoms with van der Waals surface area (Å²) in [5.41, 5.74) is -0.855. The van der Waals surface area contributed by atoms with Crippen LogP contribution in [-0.2, 0) is 4.79 Å². The molecule has 2 heterocycles. The van der Waals surface area contributed by atoms with Gasteiger partial charge in [-0.3, -0.25) is 9.59 Å². The molecule has 0 bridgehead atoms. The highest BCUT2D eigenvalue weighted by Crippen LogP contribution is 2.27. The number of alkyl halides is 3. The van der Waals surface area contributed by atoms with E-state index in [4.69, 9.17) is 0 Å². The highest BCUT2D eigenvalue weighted by molar-refractivity contribution is 7.13. The van der Waals surface area contributed by atoms with Crippen molar-refractivity contribution in [2.75, 3.05) is 0 Å². The van der Waals surface area contributed by atoms with Gasteiger partial charge in [0, 0.05) is 9.75 Å². The second kappa shape index (κ2) is 5.95. The third-order valence-electron chi connectivity index (χ3n) is 2.54. The molecule has 7 heteroatoms. The standard InChI is InChI=1S/C14H9F3O2S2/c1-8-4-5-9(21-8)7-10(13(19)14(15,16)17)12(18)11-3-2-6-20-11/h2-7H,1H3/b10-7+. The molecule has 0 radical (unpaired) electrons. The molecule has 2 aromatic rings. The van der Waals surface area contributed by atoms with Gasteiger partial charge in [0.05, 0.1) is 10.5 Å². The van der Waals surface area contributed by atoms with E-state index >= 15 is 0 Å². The van der Waals surface area contributed by atoms with Gasteiger partial charge in [0.15, 0.2) is 0 Å². The third-order valence-corrected chi connectivity index (χ3v) is 4.36. The van der Waals surface area contributed by atoms with Crippen LogP contribution in [0.1, 0.15) is 19.4 Å². The summed E-state index contributed by atoms with van der Waals surface area (Å²) in [7, 11) is 0. The number of halogens is 3. The second-order valence-electron chi connectivity index (χ2n) is 4.14. The van der Waals surface area contributed by atoms with Crippen molar-refractivity contribution in [1.82, 2.24) is 0 Å². The molecule has 0 N–H and O–H groups in total. The highest BCUT2D eigenvalue weighted by atomic mass is 32.1. The first kappa shape index (κ1) is 15.7. The van der Waals surface area contributed by atoms with Crippen LogP contribution in [0.4, 0.5) is 13.2 Å². The molecule has 110 valence electrons. The predicted molar refractivity (Wildman–Crippen MR) is 76.7 cm³/mol. The summed E-state index contributed by atoms with van der Waals surface area (Å²) in [5, 5.41) is 1.57. The number of carbonyl (C=O) groups is 2. The number of rotatable bonds is 4. The number of hydrogen-bond acceptors (Lipinski definition) is 4. The van der Waals surface area contributed by atoms with Crippen molar-refractivity contribution in [2.45, 2.75) is 13.1 Å². The van der Waals surface area contributed by atoms with Gasteiger partial charge in [0.2, 0.25) is 5.78 Å². The summed E-state index contributed by atoms with van der Waals surface area (Å²) in [6.45, 7) is 1.79. The number of thiophene rings is 2. The van der Waals surface area contributed by atoms with Gasteiger partial charge in [0.1, 0.15) is 0 Å². The summed E-state index contributed by atoms with van der Waals surface area (Å²) < 4.78 is 38.0. The maximum Gasteiger partial charge on any atom is 0.455 e. The molecule has 21 heavy (non-hydrogen) atoms. The lowest BCUT2D eigenvalue weighted by molar-refractivity contribution is -0.166. The third kappa shape index (κ3) is 3.68. The molecule has 0 saturated heterocycles. The van der Waals surface area contributed by atoms with Gasteiger partial charge in [-0.15, -0.1) is 22.7 Å². The lowest BCUT2D eigenvalue weighted by Crippen LogP contribution is -2.28. The molecule has 0 aliphatic heterocycles. The van der Waals surface area contributed by atoms with Gasteiger partial charge in [0.25, 0.3) is 5.78 Å². The molecule has 2 nitrogen and oxygen atoms in total. The number of Topliss-reactive ketones (excluding diaryl/α,β-unsaturated/α-hetero) is 2. The predicted octanol–water partition coefficient (Wildman–Crippen LogP) is 4.52. The molecule has 0 aliphatic rings. The Morgan fingerprint density at radius 2 is 1.90 bits per heavy atom. The van der Waals surface area contributed by atoms with Gasteiger partial charge in [-0.1, -0.05) is 6.07 Å². The average Bonchev–Trinajstić information content (AvgIpc) is 3.04. The fourth-order valence-electron chi connectivity index (χ4n) is 1.60. The van der Waals surface area contributed by atoms with E-state index in [-0.39, 0.29) is 4.88 Å². The molecule has 2 rings (SSSR count). The average molecular weight is 330 g/mol. The van der Waals surface area contributed by atoms with Crippen LogP contribution in [0.2, 0.25) is 0 Å². The molecule has 0 aliphatic carbocycles. The number of aryl methyl sites for hydroxylation is 1. The van der Waals surface area contributed by atoms with E-state index in [0.29, 0.717) is 4.88 Å². The zero-order valence-electron chi connectivity index (χ0n) is 10.7. The molecule has 0 atom stereocenters. The Morgan fingerprint density at radius 3 is 2.38 bits per heavy atom. The minimum atomic E-state index is -5.08. The summed E-state index contributed by atoms with van der Waals surface area (Å²) in [4.78, 5) is 25.1. The number of hydrogen-bond donors (Lipinski definition) is 0. The van der Waals surface area contributed by atoms with E-state index in [2.05, 4.69) is 0 Å². The van der Waals surface area contributed by atoms with Gasteiger partial charge in [-0.2, -0.15) is 13.2 Å². The van der Waals surface area contributed by atoms with E-state index in [1.807, 2.05) is 0 Å². The lowest BCUT2D eigenvalue weighted by atomic mass is 10.0. The molecular formula is C14H9F3O2S2. The van der Waals surface area contributed by atoms with Crippen LogP contribution < -0.4 is 0 Å². The zero-order chi connectivity index (χ0) is 15.6.